The van der Waals surface area contributed by atoms with Crippen LogP contribution in [-0.2, 0) is 16.4 Å². The number of pyridine rings is 1. The minimum atomic E-state index is -3.54. The standard InChI is InChI=1S/C24H31N5O3S/c1-33(31,32)24-26-22(21-11-5-7-14-29(21)24)23(30)25-12-6-8-13-27-15-17-28(18-16-27)19-20-9-3-2-4-10-20/h2-5,7,9-11,14H,6,8,12-13,15-19H2,1H3,(H,25,30). The Morgan fingerprint density at radius 2 is 1.67 bits per heavy atom. The Hall–Kier alpha value is -2.75. The van der Waals surface area contributed by atoms with Gasteiger partial charge in [-0.05, 0) is 37.1 Å². The third-order valence-corrected chi connectivity index (χ3v) is 6.91. The van der Waals surface area contributed by atoms with Crippen LogP contribution in [0.15, 0.2) is 59.9 Å². The van der Waals surface area contributed by atoms with Crippen LogP contribution in [0.25, 0.3) is 5.52 Å². The van der Waals surface area contributed by atoms with Crippen molar-refractivity contribution in [3.63, 3.8) is 0 Å². The molecule has 3 aromatic rings. The number of nitrogens with one attached hydrogen (secondary N) is 1. The molecular weight excluding hydrogens is 438 g/mol. The highest BCUT2D eigenvalue weighted by Crippen LogP contribution is 2.17. The fourth-order valence-electron chi connectivity index (χ4n) is 4.20. The first-order valence-corrected chi connectivity index (χ1v) is 13.2. The summed E-state index contributed by atoms with van der Waals surface area (Å²) in [7, 11) is -3.54. The first kappa shape index (κ1) is 23.4. The molecular formula is C24H31N5O3S. The SMILES string of the molecule is CS(=O)(=O)c1nc(C(=O)NCCCCN2CCN(Cc3ccccc3)CC2)c2ccccn12. The molecule has 0 atom stereocenters. The molecule has 176 valence electrons. The van der Waals surface area contributed by atoms with Gasteiger partial charge < -0.3 is 10.2 Å². The maximum absolute atomic E-state index is 12.7. The molecule has 8 nitrogen and oxygen atoms in total. The normalized spacial score (nSPS) is 15.7. The predicted molar refractivity (Wildman–Crippen MR) is 128 cm³/mol. The van der Waals surface area contributed by atoms with Crippen molar-refractivity contribution < 1.29 is 13.2 Å². The maximum Gasteiger partial charge on any atom is 0.272 e. The minimum absolute atomic E-state index is 0.116. The van der Waals surface area contributed by atoms with E-state index in [4.69, 9.17) is 0 Å². The van der Waals surface area contributed by atoms with Crippen molar-refractivity contribution in [2.45, 2.75) is 24.5 Å². The van der Waals surface area contributed by atoms with Crippen molar-refractivity contribution in [3.8, 4) is 0 Å². The molecule has 0 radical (unpaired) electrons. The number of amides is 1. The number of nitrogens with zero attached hydrogens (tertiary/aromatic N) is 4. The summed E-state index contributed by atoms with van der Waals surface area (Å²) in [5.74, 6) is -0.344. The molecule has 1 aromatic carbocycles. The summed E-state index contributed by atoms with van der Waals surface area (Å²) in [4.78, 5) is 21.7. The van der Waals surface area contributed by atoms with Crippen LogP contribution in [0.4, 0.5) is 0 Å². The number of hydrogen-bond acceptors (Lipinski definition) is 6. The average Bonchev–Trinajstić information content (AvgIpc) is 3.21. The Bertz CT molecular complexity index is 1190. The van der Waals surface area contributed by atoms with Gasteiger partial charge in [0.05, 0.1) is 5.52 Å². The highest BCUT2D eigenvalue weighted by atomic mass is 32.2. The molecule has 9 heteroatoms. The van der Waals surface area contributed by atoms with E-state index in [1.807, 2.05) is 6.07 Å². The summed E-state index contributed by atoms with van der Waals surface area (Å²) < 4.78 is 25.5. The van der Waals surface area contributed by atoms with E-state index in [0.29, 0.717) is 12.1 Å². The second-order valence-corrected chi connectivity index (χ2v) is 10.4. The van der Waals surface area contributed by atoms with Gasteiger partial charge in [-0.3, -0.25) is 14.1 Å². The Morgan fingerprint density at radius 3 is 2.39 bits per heavy atom. The lowest BCUT2D eigenvalue weighted by Crippen LogP contribution is -2.46. The topological polar surface area (TPSA) is 87.0 Å². The van der Waals surface area contributed by atoms with Gasteiger partial charge in [-0.15, -0.1) is 0 Å². The second-order valence-electron chi connectivity index (χ2n) is 8.54. The van der Waals surface area contributed by atoms with Gasteiger partial charge >= 0.3 is 0 Å². The van der Waals surface area contributed by atoms with Crippen molar-refractivity contribution in [2.24, 2.45) is 0 Å². The monoisotopic (exact) mass is 469 g/mol. The van der Waals surface area contributed by atoms with Crippen LogP contribution >= 0.6 is 0 Å². The number of sulfone groups is 1. The predicted octanol–water partition coefficient (Wildman–Crippen LogP) is 2.07. The average molecular weight is 470 g/mol. The van der Waals surface area contributed by atoms with Crippen molar-refractivity contribution in [3.05, 3.63) is 66.0 Å². The number of carbonyl (C=O) groups excluding carboxylic acids is 1. The van der Waals surface area contributed by atoms with Gasteiger partial charge in [0.2, 0.25) is 15.0 Å². The number of carbonyl (C=O) groups is 1. The molecule has 0 unspecified atom stereocenters. The van der Waals surface area contributed by atoms with Gasteiger partial charge in [-0.1, -0.05) is 36.4 Å². The number of imidazole rings is 1. The maximum atomic E-state index is 12.7. The van der Waals surface area contributed by atoms with Crippen LogP contribution in [0.2, 0.25) is 0 Å². The largest absolute Gasteiger partial charge is 0.351 e. The third kappa shape index (κ3) is 5.98. The van der Waals surface area contributed by atoms with Crippen LogP contribution in [0.3, 0.4) is 0 Å². The summed E-state index contributed by atoms with van der Waals surface area (Å²) in [6.07, 6.45) is 4.56. The van der Waals surface area contributed by atoms with Crippen LogP contribution in [0, 0.1) is 0 Å². The van der Waals surface area contributed by atoms with E-state index in [9.17, 15) is 13.2 Å². The van der Waals surface area contributed by atoms with E-state index in [2.05, 4.69) is 44.4 Å². The fourth-order valence-corrected chi connectivity index (χ4v) is 4.97. The summed E-state index contributed by atoms with van der Waals surface area (Å²) in [5, 5.41) is 2.78. The van der Waals surface area contributed by atoms with E-state index in [0.717, 1.165) is 58.4 Å². The first-order chi connectivity index (χ1) is 15.9. The third-order valence-electron chi connectivity index (χ3n) is 5.96. The van der Waals surface area contributed by atoms with Crippen molar-refractivity contribution in [1.29, 1.82) is 0 Å². The van der Waals surface area contributed by atoms with E-state index in [1.54, 1.807) is 24.4 Å². The first-order valence-electron chi connectivity index (χ1n) is 11.4. The quantitative estimate of drug-likeness (QED) is 0.483. The minimum Gasteiger partial charge on any atom is -0.351 e. The molecule has 1 N–H and O–H groups in total. The molecule has 33 heavy (non-hydrogen) atoms. The Kier molecular flexibility index (Phi) is 7.42. The highest BCUT2D eigenvalue weighted by Gasteiger charge is 2.22. The molecule has 0 spiro atoms. The Morgan fingerprint density at radius 1 is 0.970 bits per heavy atom. The summed E-state index contributed by atoms with van der Waals surface area (Å²) in [6.45, 7) is 6.82. The number of aromatic nitrogens is 2. The zero-order valence-corrected chi connectivity index (χ0v) is 19.8. The number of piperazine rings is 1. The lowest BCUT2D eigenvalue weighted by molar-refractivity contribution is 0.0948. The van der Waals surface area contributed by atoms with E-state index < -0.39 is 9.84 Å². The lowest BCUT2D eigenvalue weighted by Gasteiger charge is -2.34. The number of hydrogen-bond donors (Lipinski definition) is 1. The van der Waals surface area contributed by atoms with Gasteiger partial charge in [0.1, 0.15) is 0 Å². The molecule has 0 saturated carbocycles. The second kappa shape index (κ2) is 10.5. The smallest absolute Gasteiger partial charge is 0.272 e. The fraction of sp³-hybridized carbons (Fsp3) is 0.417. The molecule has 1 aliphatic heterocycles. The summed E-state index contributed by atoms with van der Waals surface area (Å²) >= 11 is 0. The molecule has 0 bridgehead atoms. The molecule has 1 fully saturated rings. The molecule has 1 saturated heterocycles. The van der Waals surface area contributed by atoms with Crippen molar-refractivity contribution >= 4 is 21.3 Å². The Balaban J connectivity index is 1.19. The summed E-state index contributed by atoms with van der Waals surface area (Å²) in [6, 6.07) is 15.8. The Labute approximate surface area is 195 Å². The van der Waals surface area contributed by atoms with Crippen LogP contribution in [-0.4, -0.2) is 79.0 Å². The zero-order valence-electron chi connectivity index (χ0n) is 19.0. The molecule has 1 amide bonds. The van der Waals surface area contributed by atoms with Crippen molar-refractivity contribution in [1.82, 2.24) is 24.5 Å². The van der Waals surface area contributed by atoms with Gasteiger partial charge in [0, 0.05) is 51.7 Å². The molecule has 4 rings (SSSR count). The number of rotatable bonds is 9. The summed E-state index contributed by atoms with van der Waals surface area (Å²) in [5.41, 5.74) is 1.99. The zero-order chi connectivity index (χ0) is 23.3. The van der Waals surface area contributed by atoms with Crippen LogP contribution in [0.5, 0.6) is 0 Å². The number of benzene rings is 1. The molecule has 3 heterocycles. The lowest BCUT2D eigenvalue weighted by atomic mass is 10.2. The number of fused-ring (bicyclic) bond motifs is 1. The molecule has 0 aliphatic carbocycles. The van der Waals surface area contributed by atoms with Gasteiger partial charge in [-0.25, -0.2) is 13.4 Å². The van der Waals surface area contributed by atoms with E-state index in [-0.39, 0.29) is 16.8 Å². The van der Waals surface area contributed by atoms with Gasteiger partial charge in [0.25, 0.3) is 5.91 Å². The molecule has 1 aliphatic rings. The molecule has 2 aromatic heterocycles. The van der Waals surface area contributed by atoms with Crippen LogP contribution in [0.1, 0.15) is 28.9 Å². The highest BCUT2D eigenvalue weighted by molar-refractivity contribution is 7.90. The van der Waals surface area contributed by atoms with Crippen LogP contribution < -0.4 is 5.32 Å². The van der Waals surface area contributed by atoms with E-state index in [1.165, 1.54) is 9.96 Å². The number of unbranched alkanes of at least 4 members (excludes halogenated alkanes) is 1. The van der Waals surface area contributed by atoms with Crippen molar-refractivity contribution in [2.75, 3.05) is 45.5 Å². The van der Waals surface area contributed by atoms with Gasteiger partial charge in [-0.2, -0.15) is 0 Å². The van der Waals surface area contributed by atoms with Gasteiger partial charge in [0.15, 0.2) is 5.69 Å². The van der Waals surface area contributed by atoms with E-state index >= 15 is 0 Å².